The summed E-state index contributed by atoms with van der Waals surface area (Å²) in [5.41, 5.74) is 13.2. The van der Waals surface area contributed by atoms with E-state index in [1.54, 1.807) is 0 Å². The minimum Gasteiger partial charge on any atom is -0.399 e. The van der Waals surface area contributed by atoms with Crippen molar-refractivity contribution in [2.45, 2.75) is 19.4 Å². The van der Waals surface area contributed by atoms with Crippen LogP contribution < -0.4 is 11.5 Å². The zero-order valence-electron chi connectivity index (χ0n) is 5.59. The summed E-state index contributed by atoms with van der Waals surface area (Å²) in [7, 11) is 0. The summed E-state index contributed by atoms with van der Waals surface area (Å²) in [4.78, 5) is 0. The SMILES string of the molecule is CC1=C[C@@H](N)CC=C1N. The van der Waals surface area contributed by atoms with E-state index in [9.17, 15) is 0 Å². The molecule has 0 aromatic rings. The van der Waals surface area contributed by atoms with E-state index in [1.807, 2.05) is 19.1 Å². The minimum atomic E-state index is 0.178. The standard InChI is InChI=1S/C7H12N2/c1-5-4-6(8)2-3-7(5)9/h3-4,6H,2,8-9H2,1H3/t6-/m0/s1. The fourth-order valence-electron chi connectivity index (χ4n) is 0.909. The number of nitrogens with two attached hydrogens (primary N) is 2. The first-order valence-corrected chi connectivity index (χ1v) is 3.10. The molecule has 0 saturated carbocycles. The van der Waals surface area contributed by atoms with Crippen LogP contribution in [0.4, 0.5) is 0 Å². The lowest BCUT2D eigenvalue weighted by molar-refractivity contribution is 0.805. The van der Waals surface area contributed by atoms with E-state index in [4.69, 9.17) is 11.5 Å². The molecule has 0 saturated heterocycles. The summed E-state index contributed by atoms with van der Waals surface area (Å²) in [5.74, 6) is 0. The van der Waals surface area contributed by atoms with Gasteiger partial charge in [-0.2, -0.15) is 0 Å². The highest BCUT2D eigenvalue weighted by Crippen LogP contribution is 2.11. The van der Waals surface area contributed by atoms with Gasteiger partial charge in [0.2, 0.25) is 0 Å². The van der Waals surface area contributed by atoms with Crippen LogP contribution in [0.2, 0.25) is 0 Å². The van der Waals surface area contributed by atoms with E-state index in [0.29, 0.717) is 0 Å². The molecule has 0 unspecified atom stereocenters. The third-order valence-corrected chi connectivity index (χ3v) is 1.53. The average Bonchev–Trinajstić information content (AvgIpc) is 1.80. The molecule has 0 aliphatic heterocycles. The molecule has 0 bridgehead atoms. The molecule has 50 valence electrons. The van der Waals surface area contributed by atoms with E-state index < -0.39 is 0 Å². The van der Waals surface area contributed by atoms with Crippen molar-refractivity contribution in [2.24, 2.45) is 11.5 Å². The van der Waals surface area contributed by atoms with Crippen LogP contribution in [0.3, 0.4) is 0 Å². The summed E-state index contributed by atoms with van der Waals surface area (Å²) in [6.45, 7) is 1.98. The Morgan fingerprint density at radius 3 is 2.78 bits per heavy atom. The molecule has 0 heterocycles. The quantitative estimate of drug-likeness (QED) is 0.494. The Labute approximate surface area is 55.2 Å². The Morgan fingerprint density at radius 1 is 1.67 bits per heavy atom. The second kappa shape index (κ2) is 2.23. The monoisotopic (exact) mass is 124 g/mol. The molecule has 4 N–H and O–H groups in total. The topological polar surface area (TPSA) is 52.0 Å². The molecule has 0 spiro atoms. The highest BCUT2D eigenvalue weighted by atomic mass is 14.6. The van der Waals surface area contributed by atoms with Crippen molar-refractivity contribution in [3.8, 4) is 0 Å². The first-order chi connectivity index (χ1) is 4.20. The molecule has 2 heteroatoms. The fourth-order valence-corrected chi connectivity index (χ4v) is 0.909. The van der Waals surface area contributed by atoms with Gasteiger partial charge < -0.3 is 11.5 Å². The zero-order valence-corrected chi connectivity index (χ0v) is 5.59. The van der Waals surface area contributed by atoms with Crippen LogP contribution >= 0.6 is 0 Å². The van der Waals surface area contributed by atoms with Crippen LogP contribution in [0.1, 0.15) is 13.3 Å². The lowest BCUT2D eigenvalue weighted by atomic mass is 10.0. The molecule has 0 fully saturated rings. The van der Waals surface area contributed by atoms with Crippen molar-refractivity contribution in [3.05, 3.63) is 23.4 Å². The molecule has 0 aromatic heterocycles. The first-order valence-electron chi connectivity index (χ1n) is 3.10. The van der Waals surface area contributed by atoms with Gasteiger partial charge in [-0.15, -0.1) is 0 Å². The van der Waals surface area contributed by atoms with Gasteiger partial charge in [0.15, 0.2) is 0 Å². The van der Waals surface area contributed by atoms with E-state index in [0.717, 1.165) is 17.7 Å². The van der Waals surface area contributed by atoms with Gasteiger partial charge in [-0.25, -0.2) is 0 Å². The van der Waals surface area contributed by atoms with Gasteiger partial charge in [-0.3, -0.25) is 0 Å². The van der Waals surface area contributed by atoms with E-state index in [2.05, 4.69) is 0 Å². The second-order valence-corrected chi connectivity index (χ2v) is 2.41. The van der Waals surface area contributed by atoms with Gasteiger partial charge in [0.25, 0.3) is 0 Å². The van der Waals surface area contributed by atoms with Gasteiger partial charge in [0.05, 0.1) is 0 Å². The second-order valence-electron chi connectivity index (χ2n) is 2.41. The molecule has 2 nitrogen and oxygen atoms in total. The highest BCUT2D eigenvalue weighted by molar-refractivity contribution is 5.31. The number of hydrogen-bond donors (Lipinski definition) is 2. The summed E-state index contributed by atoms with van der Waals surface area (Å²) in [6, 6.07) is 0.178. The Hall–Kier alpha value is -0.760. The molecule has 1 aliphatic rings. The van der Waals surface area contributed by atoms with Gasteiger partial charge in [0, 0.05) is 11.7 Å². The Bertz CT molecular complexity index is 168. The maximum Gasteiger partial charge on any atom is 0.0301 e. The van der Waals surface area contributed by atoms with E-state index in [-0.39, 0.29) is 6.04 Å². The smallest absolute Gasteiger partial charge is 0.0301 e. The van der Waals surface area contributed by atoms with Crippen molar-refractivity contribution in [2.75, 3.05) is 0 Å². The number of rotatable bonds is 0. The molecule has 1 aliphatic carbocycles. The molecule has 0 aromatic carbocycles. The van der Waals surface area contributed by atoms with Crippen molar-refractivity contribution >= 4 is 0 Å². The van der Waals surface area contributed by atoms with Crippen molar-refractivity contribution in [1.29, 1.82) is 0 Å². The molecule has 9 heavy (non-hydrogen) atoms. The Balaban J connectivity index is 2.75. The molecule has 1 rings (SSSR count). The molecular formula is C7H12N2. The molecule has 0 radical (unpaired) electrons. The lowest BCUT2D eigenvalue weighted by Crippen LogP contribution is -2.20. The van der Waals surface area contributed by atoms with Crippen LogP contribution in [-0.2, 0) is 0 Å². The first kappa shape index (κ1) is 6.36. The normalized spacial score (nSPS) is 27.1. The van der Waals surface area contributed by atoms with Crippen LogP contribution in [0.15, 0.2) is 23.4 Å². The van der Waals surface area contributed by atoms with Crippen LogP contribution in [0.5, 0.6) is 0 Å². The summed E-state index contributed by atoms with van der Waals surface area (Å²) in [5, 5.41) is 0. The Kier molecular flexibility index (Phi) is 1.58. The summed E-state index contributed by atoms with van der Waals surface area (Å²) >= 11 is 0. The minimum absolute atomic E-state index is 0.178. The number of allylic oxidation sites excluding steroid dienone is 1. The van der Waals surface area contributed by atoms with Gasteiger partial charge >= 0.3 is 0 Å². The lowest BCUT2D eigenvalue weighted by Gasteiger charge is -2.12. The maximum absolute atomic E-state index is 5.61. The van der Waals surface area contributed by atoms with E-state index >= 15 is 0 Å². The Morgan fingerprint density at radius 2 is 2.33 bits per heavy atom. The van der Waals surface area contributed by atoms with Crippen LogP contribution in [0.25, 0.3) is 0 Å². The third kappa shape index (κ3) is 1.33. The predicted octanol–water partition coefficient (Wildman–Crippen LogP) is 0.506. The predicted molar refractivity (Wildman–Crippen MR) is 38.6 cm³/mol. The van der Waals surface area contributed by atoms with Gasteiger partial charge in [-0.1, -0.05) is 12.2 Å². The molecular weight excluding hydrogens is 112 g/mol. The summed E-state index contributed by atoms with van der Waals surface area (Å²) in [6.07, 6.45) is 4.85. The van der Waals surface area contributed by atoms with Crippen molar-refractivity contribution < 1.29 is 0 Å². The van der Waals surface area contributed by atoms with Crippen molar-refractivity contribution in [3.63, 3.8) is 0 Å². The molecule has 0 amide bonds. The average molecular weight is 124 g/mol. The van der Waals surface area contributed by atoms with Gasteiger partial charge in [-0.05, 0) is 18.9 Å². The zero-order chi connectivity index (χ0) is 6.85. The third-order valence-electron chi connectivity index (χ3n) is 1.53. The summed E-state index contributed by atoms with van der Waals surface area (Å²) < 4.78 is 0. The maximum atomic E-state index is 5.61. The largest absolute Gasteiger partial charge is 0.399 e. The van der Waals surface area contributed by atoms with Gasteiger partial charge in [0.1, 0.15) is 0 Å². The van der Waals surface area contributed by atoms with Crippen LogP contribution in [-0.4, -0.2) is 6.04 Å². The highest BCUT2D eigenvalue weighted by Gasteiger charge is 2.04. The number of hydrogen-bond acceptors (Lipinski definition) is 2. The fraction of sp³-hybridized carbons (Fsp3) is 0.429. The molecule has 1 atom stereocenters. The van der Waals surface area contributed by atoms with E-state index in [1.165, 1.54) is 0 Å². The van der Waals surface area contributed by atoms with Crippen molar-refractivity contribution in [1.82, 2.24) is 0 Å². The van der Waals surface area contributed by atoms with Crippen LogP contribution in [0, 0.1) is 0 Å².